The lowest BCUT2D eigenvalue weighted by Gasteiger charge is -2.32. The summed E-state index contributed by atoms with van der Waals surface area (Å²) in [4.78, 5) is 28.7. The number of aromatic nitrogens is 1. The molecule has 7 heteroatoms. The number of pyridine rings is 1. The fraction of sp³-hybridized carbons (Fsp3) is 0.552. The molecule has 0 aromatic carbocycles. The van der Waals surface area contributed by atoms with E-state index in [1.807, 2.05) is 44.2 Å². The molecule has 0 amide bonds. The molecule has 0 saturated carbocycles. The molecule has 1 unspecified atom stereocenters. The van der Waals surface area contributed by atoms with Crippen molar-refractivity contribution >= 4 is 11.9 Å². The normalized spacial score (nSPS) is 30.2. The third-order valence-corrected chi connectivity index (χ3v) is 6.49. The van der Waals surface area contributed by atoms with Crippen molar-refractivity contribution in [3.05, 3.63) is 66.0 Å². The molecular formula is C29H41NO6. The summed E-state index contributed by atoms with van der Waals surface area (Å²) in [5, 5.41) is 21.3. The van der Waals surface area contributed by atoms with Gasteiger partial charge in [-0.3, -0.25) is 14.6 Å². The van der Waals surface area contributed by atoms with Crippen molar-refractivity contribution in [2.45, 2.75) is 90.6 Å². The second-order valence-electron chi connectivity index (χ2n) is 10.3. The van der Waals surface area contributed by atoms with E-state index in [9.17, 15) is 19.8 Å². The third-order valence-electron chi connectivity index (χ3n) is 6.49. The number of ether oxygens (including phenoxy) is 2. The zero-order valence-corrected chi connectivity index (χ0v) is 22.3. The summed E-state index contributed by atoms with van der Waals surface area (Å²) in [6, 6.07) is 5.87. The zero-order chi connectivity index (χ0) is 26.9. The van der Waals surface area contributed by atoms with Crippen molar-refractivity contribution in [1.82, 2.24) is 4.98 Å². The molecule has 1 aromatic heterocycles. The van der Waals surface area contributed by atoms with E-state index in [0.29, 0.717) is 5.92 Å². The number of hydrogen-bond acceptors (Lipinski definition) is 7. The van der Waals surface area contributed by atoms with E-state index in [4.69, 9.17) is 9.47 Å². The number of carbonyl (C=O) groups excluding carboxylic acids is 2. The van der Waals surface area contributed by atoms with E-state index in [1.54, 1.807) is 25.3 Å². The van der Waals surface area contributed by atoms with Crippen LogP contribution in [-0.2, 0) is 19.1 Å². The second-order valence-corrected chi connectivity index (χ2v) is 10.3. The zero-order valence-electron chi connectivity index (χ0n) is 22.3. The Hall–Kier alpha value is -2.77. The van der Waals surface area contributed by atoms with Crippen molar-refractivity contribution in [2.75, 3.05) is 0 Å². The number of nitrogens with zero attached hydrogens (tertiary/aromatic N) is 1. The first-order chi connectivity index (χ1) is 16.9. The Morgan fingerprint density at radius 2 is 2.00 bits per heavy atom. The number of aliphatic hydroxyl groups excluding tert-OH is 1. The summed E-state index contributed by atoms with van der Waals surface area (Å²) < 4.78 is 11.2. The summed E-state index contributed by atoms with van der Waals surface area (Å²) >= 11 is 0. The molecule has 2 rings (SSSR count). The first-order valence-corrected chi connectivity index (χ1v) is 12.6. The van der Waals surface area contributed by atoms with Gasteiger partial charge in [0, 0.05) is 30.7 Å². The van der Waals surface area contributed by atoms with Gasteiger partial charge in [0.25, 0.3) is 0 Å². The summed E-state index contributed by atoms with van der Waals surface area (Å²) in [6.45, 7) is 10.9. The van der Waals surface area contributed by atoms with Gasteiger partial charge in [0.15, 0.2) is 0 Å². The van der Waals surface area contributed by atoms with Gasteiger partial charge < -0.3 is 19.7 Å². The highest BCUT2D eigenvalue weighted by molar-refractivity contribution is 5.70. The van der Waals surface area contributed by atoms with Gasteiger partial charge in [-0.25, -0.2) is 0 Å². The van der Waals surface area contributed by atoms with Crippen molar-refractivity contribution in [1.29, 1.82) is 0 Å². The minimum Gasteiger partial charge on any atom is -0.457 e. The molecule has 0 fully saturated rings. The molecule has 2 N–H and O–H groups in total. The lowest BCUT2D eigenvalue weighted by atomic mass is 9.88. The average molecular weight is 500 g/mol. The molecule has 0 saturated heterocycles. The molecule has 198 valence electrons. The summed E-state index contributed by atoms with van der Waals surface area (Å²) in [5.41, 5.74) is 0.413. The molecule has 0 spiro atoms. The highest BCUT2D eigenvalue weighted by Gasteiger charge is 2.35. The van der Waals surface area contributed by atoms with E-state index in [-0.39, 0.29) is 31.1 Å². The van der Waals surface area contributed by atoms with Gasteiger partial charge in [-0.05, 0) is 56.4 Å². The third kappa shape index (κ3) is 9.03. The highest BCUT2D eigenvalue weighted by Crippen LogP contribution is 2.28. The van der Waals surface area contributed by atoms with Crippen LogP contribution in [0.4, 0.5) is 0 Å². The van der Waals surface area contributed by atoms with Crippen LogP contribution in [0.1, 0.15) is 72.4 Å². The maximum atomic E-state index is 12.6. The fourth-order valence-corrected chi connectivity index (χ4v) is 4.29. The number of aliphatic hydroxyl groups is 2. The smallest absolute Gasteiger partial charge is 0.309 e. The van der Waals surface area contributed by atoms with E-state index in [2.05, 4.69) is 24.9 Å². The van der Waals surface area contributed by atoms with Crippen molar-refractivity contribution in [3.63, 3.8) is 0 Å². The Morgan fingerprint density at radius 1 is 1.28 bits per heavy atom. The van der Waals surface area contributed by atoms with Crippen LogP contribution in [0.2, 0.25) is 0 Å². The van der Waals surface area contributed by atoms with E-state index < -0.39 is 35.9 Å². The van der Waals surface area contributed by atoms with Crippen LogP contribution >= 0.6 is 0 Å². The molecular weight excluding hydrogens is 458 g/mol. The lowest BCUT2D eigenvalue weighted by Crippen LogP contribution is -2.42. The fourth-order valence-electron chi connectivity index (χ4n) is 4.29. The Bertz CT molecular complexity index is 950. The molecule has 0 radical (unpaired) electrons. The number of allylic oxidation sites excluding steroid dienone is 3. The number of hydrogen-bond donors (Lipinski definition) is 2. The van der Waals surface area contributed by atoms with Gasteiger partial charge in [-0.1, -0.05) is 51.1 Å². The molecule has 1 aliphatic rings. The predicted molar refractivity (Wildman–Crippen MR) is 139 cm³/mol. The summed E-state index contributed by atoms with van der Waals surface area (Å²) in [6.07, 6.45) is 8.85. The van der Waals surface area contributed by atoms with Crippen LogP contribution < -0.4 is 0 Å². The predicted octanol–water partition coefficient (Wildman–Crippen LogP) is 4.66. The van der Waals surface area contributed by atoms with Crippen molar-refractivity contribution in [3.8, 4) is 0 Å². The molecule has 2 heterocycles. The Morgan fingerprint density at radius 3 is 2.61 bits per heavy atom. The first kappa shape index (κ1) is 29.5. The molecule has 6 atom stereocenters. The Kier molecular flexibility index (Phi) is 11.1. The number of esters is 2. The number of carbonyl (C=O) groups is 2. The van der Waals surface area contributed by atoms with Crippen LogP contribution in [0, 0.1) is 11.8 Å². The van der Waals surface area contributed by atoms with E-state index >= 15 is 0 Å². The van der Waals surface area contributed by atoms with Crippen LogP contribution in [-0.4, -0.2) is 51.0 Å². The molecule has 1 aromatic rings. The monoisotopic (exact) mass is 499 g/mol. The van der Waals surface area contributed by atoms with Crippen molar-refractivity contribution in [2.24, 2.45) is 11.8 Å². The topological polar surface area (TPSA) is 106 Å². The Balaban J connectivity index is 2.34. The lowest BCUT2D eigenvalue weighted by molar-refractivity contribution is -0.157. The maximum absolute atomic E-state index is 12.6. The van der Waals surface area contributed by atoms with Gasteiger partial charge >= 0.3 is 11.9 Å². The quantitative estimate of drug-likeness (QED) is 0.333. The standard InChI is InChI=1S/C29H41NO6/c1-19(2)24(25-12-7-8-17-30-25)11-9-10-20(3)28-21(4)13-14-26(35-22(5)31)29(6,34)16-15-23(32)18-27(33)36-28/h7-14,17,19,21,23-24,26,28,32,34H,15-16,18H2,1-6H3/b11-9+,14-13-,20-10+/t21-,23-,24?,26-,28+,29-/m0/s1. The van der Waals surface area contributed by atoms with Crippen LogP contribution in [0.25, 0.3) is 0 Å². The first-order valence-electron chi connectivity index (χ1n) is 12.6. The average Bonchev–Trinajstić information content (AvgIpc) is 2.80. The summed E-state index contributed by atoms with van der Waals surface area (Å²) in [5.74, 6) is -0.816. The van der Waals surface area contributed by atoms with E-state index in [0.717, 1.165) is 11.3 Å². The number of cyclic esters (lactones) is 1. The van der Waals surface area contributed by atoms with Gasteiger partial charge in [0.05, 0.1) is 12.5 Å². The van der Waals surface area contributed by atoms with Crippen LogP contribution in [0.3, 0.4) is 0 Å². The molecule has 7 nitrogen and oxygen atoms in total. The highest BCUT2D eigenvalue weighted by atomic mass is 16.6. The SMILES string of the molecule is CC(=O)O[C@H]1/C=C\[C@H](C)[C@@H](/C(C)=C/C=C/C(c2ccccn2)C(C)C)OC(=O)C[C@@H](O)CC[C@]1(C)O. The van der Waals surface area contributed by atoms with Crippen molar-refractivity contribution < 1.29 is 29.3 Å². The van der Waals surface area contributed by atoms with Gasteiger partial charge in [0.1, 0.15) is 17.8 Å². The minimum atomic E-state index is -1.40. The van der Waals surface area contributed by atoms with Gasteiger partial charge in [-0.15, -0.1) is 0 Å². The van der Waals surface area contributed by atoms with Gasteiger partial charge in [0.2, 0.25) is 0 Å². The molecule has 0 bridgehead atoms. The van der Waals surface area contributed by atoms with Crippen LogP contribution in [0.5, 0.6) is 0 Å². The molecule has 0 aliphatic carbocycles. The van der Waals surface area contributed by atoms with Gasteiger partial charge in [-0.2, -0.15) is 0 Å². The largest absolute Gasteiger partial charge is 0.457 e. The number of rotatable bonds is 6. The molecule has 36 heavy (non-hydrogen) atoms. The minimum absolute atomic E-state index is 0.133. The summed E-state index contributed by atoms with van der Waals surface area (Å²) in [7, 11) is 0. The second kappa shape index (κ2) is 13.5. The van der Waals surface area contributed by atoms with Crippen LogP contribution in [0.15, 0.2) is 60.3 Å². The Labute approximate surface area is 214 Å². The molecule has 1 aliphatic heterocycles. The maximum Gasteiger partial charge on any atom is 0.309 e. The van der Waals surface area contributed by atoms with E-state index in [1.165, 1.54) is 6.92 Å².